The lowest BCUT2D eigenvalue weighted by Crippen LogP contribution is -2.38. The number of hydrogen-bond donors (Lipinski definition) is 2. The Morgan fingerprint density at radius 1 is 1.00 bits per heavy atom. The molecule has 0 rings (SSSR count). The van der Waals surface area contributed by atoms with Gasteiger partial charge in [-0.3, -0.25) is 0 Å². The Bertz CT molecular complexity index is 742. The molecular formula is C27H43N3. The van der Waals surface area contributed by atoms with E-state index in [1.165, 1.54) is 11.1 Å². The Morgan fingerprint density at radius 2 is 1.63 bits per heavy atom. The molecule has 3 nitrogen and oxygen atoms in total. The molecule has 30 heavy (non-hydrogen) atoms. The minimum absolute atomic E-state index is 0.116. The van der Waals surface area contributed by atoms with Gasteiger partial charge in [-0.05, 0) is 69.0 Å². The predicted octanol–water partition coefficient (Wildman–Crippen LogP) is 6.61. The highest BCUT2D eigenvalue weighted by Gasteiger charge is 2.15. The first-order valence-corrected chi connectivity index (χ1v) is 10.7. The van der Waals surface area contributed by atoms with Crippen LogP contribution in [0, 0.1) is 5.92 Å². The van der Waals surface area contributed by atoms with Crippen LogP contribution in [-0.2, 0) is 0 Å². The minimum Gasteiger partial charge on any atom is -0.384 e. The first-order chi connectivity index (χ1) is 14.1. The summed E-state index contributed by atoms with van der Waals surface area (Å²) in [5.74, 6) is 0.490. The smallest absolute Gasteiger partial charge is 0.0589 e. The topological polar surface area (TPSA) is 27.3 Å². The molecule has 0 aliphatic rings. The Morgan fingerprint density at radius 3 is 2.10 bits per heavy atom. The summed E-state index contributed by atoms with van der Waals surface area (Å²) < 4.78 is 0. The number of hydrazine groups is 1. The van der Waals surface area contributed by atoms with Crippen LogP contribution >= 0.6 is 0 Å². The molecule has 0 spiro atoms. The van der Waals surface area contributed by atoms with Crippen LogP contribution in [0.1, 0.15) is 48.5 Å². The summed E-state index contributed by atoms with van der Waals surface area (Å²) in [4.78, 5) is 0. The Labute approximate surface area is 186 Å². The van der Waals surface area contributed by atoms with Crippen LogP contribution in [0.15, 0.2) is 96.0 Å². The largest absolute Gasteiger partial charge is 0.384 e. The maximum absolute atomic E-state index is 4.32. The fourth-order valence-corrected chi connectivity index (χ4v) is 2.90. The van der Waals surface area contributed by atoms with Gasteiger partial charge in [-0.25, -0.2) is 5.43 Å². The minimum atomic E-state index is 0.116. The van der Waals surface area contributed by atoms with Gasteiger partial charge >= 0.3 is 0 Å². The number of hydrogen-bond acceptors (Lipinski definition) is 3. The lowest BCUT2D eigenvalue weighted by Gasteiger charge is -2.30. The number of allylic oxidation sites excluding steroid dienone is 8. The van der Waals surface area contributed by atoms with Crippen LogP contribution in [0.3, 0.4) is 0 Å². The van der Waals surface area contributed by atoms with Gasteiger partial charge in [0.15, 0.2) is 0 Å². The zero-order chi connectivity index (χ0) is 23.3. The molecule has 0 aromatic heterocycles. The lowest BCUT2D eigenvalue weighted by molar-refractivity contribution is 0.299. The molecule has 0 heterocycles. The van der Waals surface area contributed by atoms with Crippen LogP contribution < -0.4 is 10.7 Å². The zero-order valence-electron chi connectivity index (χ0n) is 20.5. The van der Waals surface area contributed by atoms with E-state index in [0.29, 0.717) is 12.5 Å². The monoisotopic (exact) mass is 409 g/mol. The molecule has 1 unspecified atom stereocenters. The summed E-state index contributed by atoms with van der Waals surface area (Å²) in [6.07, 6.45) is 14.6. The predicted molar refractivity (Wildman–Crippen MR) is 136 cm³/mol. The second-order valence-electron chi connectivity index (χ2n) is 7.91. The molecule has 166 valence electrons. The maximum atomic E-state index is 4.32. The molecule has 0 fully saturated rings. The molecule has 2 N–H and O–H groups in total. The van der Waals surface area contributed by atoms with Gasteiger partial charge in [-0.1, -0.05) is 75.6 Å². The Hall–Kier alpha value is -2.52. The molecule has 3 heteroatoms. The van der Waals surface area contributed by atoms with E-state index in [9.17, 15) is 0 Å². The van der Waals surface area contributed by atoms with Gasteiger partial charge in [0.1, 0.15) is 0 Å². The van der Waals surface area contributed by atoms with Crippen molar-refractivity contribution in [2.75, 3.05) is 13.6 Å². The van der Waals surface area contributed by atoms with Crippen molar-refractivity contribution in [3.05, 3.63) is 96.0 Å². The highest BCUT2D eigenvalue weighted by atomic mass is 15.5. The molecule has 0 aliphatic carbocycles. The maximum Gasteiger partial charge on any atom is 0.0589 e. The van der Waals surface area contributed by atoms with Crippen molar-refractivity contribution in [1.82, 2.24) is 15.8 Å². The van der Waals surface area contributed by atoms with Gasteiger partial charge in [0, 0.05) is 13.1 Å². The average Bonchev–Trinajstić information content (AvgIpc) is 2.68. The summed E-state index contributed by atoms with van der Waals surface area (Å²) in [6.45, 7) is 27.7. The molecule has 0 saturated heterocycles. The van der Waals surface area contributed by atoms with Gasteiger partial charge < -0.3 is 10.3 Å². The highest BCUT2D eigenvalue weighted by molar-refractivity contribution is 5.34. The zero-order valence-corrected chi connectivity index (χ0v) is 20.5. The van der Waals surface area contributed by atoms with E-state index in [2.05, 4.69) is 95.6 Å². The first-order valence-electron chi connectivity index (χ1n) is 10.7. The molecule has 1 atom stereocenters. The van der Waals surface area contributed by atoms with E-state index in [4.69, 9.17) is 0 Å². The number of rotatable bonds is 13. The van der Waals surface area contributed by atoms with Crippen LogP contribution in [0.4, 0.5) is 0 Å². The van der Waals surface area contributed by atoms with Crippen LogP contribution in [0.25, 0.3) is 0 Å². The van der Waals surface area contributed by atoms with E-state index in [1.807, 2.05) is 38.1 Å². The van der Waals surface area contributed by atoms with Crippen molar-refractivity contribution in [3.63, 3.8) is 0 Å². The van der Waals surface area contributed by atoms with Crippen LogP contribution in [0.2, 0.25) is 0 Å². The SMILES string of the molecule is C=C(C)/C=C\C(=C)CN(NC)C(=C)/C(=C\C)C(C)N/C=C(C)/C=C(\C=C/C)C(C)C. The van der Waals surface area contributed by atoms with Crippen molar-refractivity contribution in [3.8, 4) is 0 Å². The number of nitrogens with zero attached hydrogens (tertiary/aromatic N) is 1. The molecule has 0 amide bonds. The normalized spacial score (nSPS) is 14.5. The van der Waals surface area contributed by atoms with Crippen LogP contribution in [-0.4, -0.2) is 24.6 Å². The molecular weight excluding hydrogens is 366 g/mol. The third-order valence-corrected chi connectivity index (χ3v) is 4.65. The summed E-state index contributed by atoms with van der Waals surface area (Å²) >= 11 is 0. The summed E-state index contributed by atoms with van der Waals surface area (Å²) in [7, 11) is 1.90. The standard InChI is InChI=1S/C27H43N3/c1-12-14-26(21(5)6)17-23(8)18-29-24(9)27(13-2)25(10)30(28-11)19-22(7)16-15-20(3)4/h12-18,21,24,28-29H,3,7,10,19H2,1-2,4-6,8-9,11H3/b14-12-,16-15-,23-18+,26-17+,27-13-. The molecule has 0 aromatic carbocycles. The van der Waals surface area contributed by atoms with Gasteiger partial charge in [0.2, 0.25) is 0 Å². The average molecular weight is 410 g/mol. The second-order valence-corrected chi connectivity index (χ2v) is 7.91. The van der Waals surface area contributed by atoms with Crippen molar-refractivity contribution >= 4 is 0 Å². The lowest BCUT2D eigenvalue weighted by atomic mass is 10.0. The van der Waals surface area contributed by atoms with Crippen molar-refractivity contribution in [2.24, 2.45) is 5.92 Å². The molecule has 0 aliphatic heterocycles. The third-order valence-electron chi connectivity index (χ3n) is 4.65. The third kappa shape index (κ3) is 10.3. The van der Waals surface area contributed by atoms with Gasteiger partial charge in [0.25, 0.3) is 0 Å². The van der Waals surface area contributed by atoms with Gasteiger partial charge in [0.05, 0.1) is 12.2 Å². The summed E-state index contributed by atoms with van der Waals surface area (Å²) in [6, 6.07) is 0.116. The number of nitrogens with one attached hydrogen (secondary N) is 2. The fourth-order valence-electron chi connectivity index (χ4n) is 2.90. The van der Waals surface area contributed by atoms with Crippen molar-refractivity contribution in [2.45, 2.75) is 54.5 Å². The molecule has 0 bridgehead atoms. The summed E-state index contributed by atoms with van der Waals surface area (Å²) in [5, 5.41) is 5.52. The Balaban J connectivity index is 5.29. The van der Waals surface area contributed by atoms with E-state index in [1.54, 1.807) is 0 Å². The van der Waals surface area contributed by atoms with Gasteiger partial charge in [-0.15, -0.1) is 0 Å². The molecule has 0 radical (unpaired) electrons. The second kappa shape index (κ2) is 14.5. The molecule has 0 aromatic rings. The van der Waals surface area contributed by atoms with Gasteiger partial charge in [-0.2, -0.15) is 0 Å². The van der Waals surface area contributed by atoms with Crippen LogP contribution in [0.5, 0.6) is 0 Å². The highest BCUT2D eigenvalue weighted by Crippen LogP contribution is 2.18. The molecule has 0 saturated carbocycles. The Kier molecular flexibility index (Phi) is 13.2. The van der Waals surface area contributed by atoms with Crippen molar-refractivity contribution < 1.29 is 0 Å². The van der Waals surface area contributed by atoms with E-state index >= 15 is 0 Å². The van der Waals surface area contributed by atoms with E-state index in [-0.39, 0.29) is 6.04 Å². The van der Waals surface area contributed by atoms with Crippen molar-refractivity contribution in [1.29, 1.82) is 0 Å². The quantitative estimate of drug-likeness (QED) is 0.265. The van der Waals surface area contributed by atoms with E-state index in [0.717, 1.165) is 22.4 Å². The fraction of sp³-hybridized carbons (Fsp3) is 0.407. The van der Waals surface area contributed by atoms with E-state index < -0.39 is 0 Å². The summed E-state index contributed by atoms with van der Waals surface area (Å²) in [5.41, 5.74) is 9.77. The first kappa shape index (κ1) is 27.5.